The minimum absolute atomic E-state index is 0.261. The number of nitrogens with zero attached hydrogens (tertiary/aromatic N) is 2. The molecule has 5 heterocycles. The Morgan fingerprint density at radius 2 is 1.96 bits per heavy atom. The lowest BCUT2D eigenvalue weighted by molar-refractivity contribution is -0.137. The van der Waals surface area contributed by atoms with Crippen molar-refractivity contribution in [3.63, 3.8) is 0 Å². The smallest absolute Gasteiger partial charge is 0.303 e. The predicted molar refractivity (Wildman–Crippen MR) is 95.6 cm³/mol. The Morgan fingerprint density at radius 1 is 1.15 bits per heavy atom. The van der Waals surface area contributed by atoms with E-state index in [0.29, 0.717) is 24.8 Å². The summed E-state index contributed by atoms with van der Waals surface area (Å²) in [7, 11) is 0. The lowest BCUT2D eigenvalue weighted by Crippen LogP contribution is -2.60. The van der Waals surface area contributed by atoms with Crippen molar-refractivity contribution in [3.8, 4) is 11.5 Å². The van der Waals surface area contributed by atoms with Crippen molar-refractivity contribution < 1.29 is 19.4 Å². The van der Waals surface area contributed by atoms with Crippen molar-refractivity contribution in [3.05, 3.63) is 23.8 Å². The van der Waals surface area contributed by atoms with E-state index in [1.165, 1.54) is 31.5 Å². The second-order valence-corrected chi connectivity index (χ2v) is 8.07. The van der Waals surface area contributed by atoms with Crippen LogP contribution in [0.3, 0.4) is 0 Å². The zero-order valence-corrected chi connectivity index (χ0v) is 15.0. The van der Waals surface area contributed by atoms with Crippen LogP contribution in [-0.4, -0.2) is 65.9 Å². The quantitative estimate of drug-likeness (QED) is 0.870. The molecule has 0 unspecified atom stereocenters. The minimum Gasteiger partial charge on any atom is -0.481 e. The summed E-state index contributed by atoms with van der Waals surface area (Å²) in [5, 5.41) is 8.99. The minimum atomic E-state index is -0.693. The highest BCUT2D eigenvalue weighted by Crippen LogP contribution is 2.47. The van der Waals surface area contributed by atoms with Gasteiger partial charge in [0.2, 0.25) is 6.79 Å². The molecule has 1 N–H and O–H groups in total. The van der Waals surface area contributed by atoms with Gasteiger partial charge < -0.3 is 14.6 Å². The Bertz CT molecular complexity index is 701. The molecule has 6 nitrogen and oxygen atoms in total. The van der Waals surface area contributed by atoms with E-state index in [4.69, 9.17) is 14.6 Å². The summed E-state index contributed by atoms with van der Waals surface area (Å²) < 4.78 is 11.1. The largest absolute Gasteiger partial charge is 0.481 e. The van der Waals surface area contributed by atoms with Gasteiger partial charge in [0.25, 0.3) is 0 Å². The standard InChI is InChI=1S/C20H26N2O4/c23-18(24)2-1-7-22-11-15(14-3-4-16-17(10-14)26-12-25-16)20-19(22)13-5-8-21(20)9-6-13/h3-4,10,13,15,19-20H,1-2,5-9,11-12H2,(H,23,24)/t15-,19-,20-/m1/s1. The summed E-state index contributed by atoms with van der Waals surface area (Å²) in [5.74, 6) is 2.23. The number of ether oxygens (including phenoxy) is 2. The van der Waals surface area contributed by atoms with Crippen LogP contribution in [0.1, 0.15) is 37.2 Å². The molecular weight excluding hydrogens is 332 g/mol. The Kier molecular flexibility index (Phi) is 4.05. The monoisotopic (exact) mass is 358 g/mol. The average Bonchev–Trinajstić information content (AvgIpc) is 3.27. The number of carbonyl (C=O) groups is 1. The fourth-order valence-electron chi connectivity index (χ4n) is 5.66. The van der Waals surface area contributed by atoms with E-state index in [9.17, 15) is 4.79 Å². The number of aliphatic carboxylic acids is 1. The number of hydrogen-bond donors (Lipinski definition) is 1. The van der Waals surface area contributed by atoms with Gasteiger partial charge in [0, 0.05) is 31.0 Å². The van der Waals surface area contributed by atoms with Crippen molar-refractivity contribution in [1.29, 1.82) is 0 Å². The number of rotatable bonds is 5. The van der Waals surface area contributed by atoms with Gasteiger partial charge in [0.1, 0.15) is 0 Å². The van der Waals surface area contributed by atoms with Gasteiger partial charge in [-0.2, -0.15) is 0 Å². The maximum Gasteiger partial charge on any atom is 0.303 e. The molecule has 6 heteroatoms. The van der Waals surface area contributed by atoms with Crippen LogP contribution in [0.25, 0.3) is 0 Å². The second kappa shape index (κ2) is 6.43. The van der Waals surface area contributed by atoms with Gasteiger partial charge in [-0.25, -0.2) is 0 Å². The molecule has 26 heavy (non-hydrogen) atoms. The predicted octanol–water partition coefficient (Wildman–Crippen LogP) is 2.14. The summed E-state index contributed by atoms with van der Waals surface area (Å²) in [6, 6.07) is 7.51. The van der Waals surface area contributed by atoms with Crippen molar-refractivity contribution in [2.75, 3.05) is 33.0 Å². The van der Waals surface area contributed by atoms with Gasteiger partial charge in [-0.15, -0.1) is 0 Å². The topological polar surface area (TPSA) is 62.2 Å². The highest BCUT2D eigenvalue weighted by Gasteiger charge is 2.53. The summed E-state index contributed by atoms with van der Waals surface area (Å²) in [6.07, 6.45) is 3.56. The number of likely N-dealkylation sites (tertiary alicyclic amines) is 1. The van der Waals surface area contributed by atoms with E-state index in [-0.39, 0.29) is 6.42 Å². The first kappa shape index (κ1) is 16.4. The number of hydrogen-bond acceptors (Lipinski definition) is 5. The van der Waals surface area contributed by atoms with E-state index in [1.807, 2.05) is 6.07 Å². The van der Waals surface area contributed by atoms with Gasteiger partial charge in [-0.3, -0.25) is 14.6 Å². The number of fused-ring (bicyclic) bond motifs is 3. The number of carboxylic acids is 1. The first-order valence-electron chi connectivity index (χ1n) is 9.80. The number of carboxylic acid groups (broad SMARTS) is 1. The van der Waals surface area contributed by atoms with Crippen LogP contribution in [0.15, 0.2) is 18.2 Å². The third-order valence-corrected chi connectivity index (χ3v) is 6.75. The molecule has 0 amide bonds. The van der Waals surface area contributed by atoms with Crippen molar-refractivity contribution >= 4 is 5.97 Å². The molecule has 5 aliphatic heterocycles. The molecule has 2 bridgehead atoms. The zero-order valence-electron chi connectivity index (χ0n) is 15.0. The third kappa shape index (κ3) is 2.67. The normalized spacial score (nSPS) is 34.8. The summed E-state index contributed by atoms with van der Waals surface area (Å²) in [4.78, 5) is 16.2. The molecule has 1 aromatic carbocycles. The van der Waals surface area contributed by atoms with Crippen LogP contribution in [-0.2, 0) is 4.79 Å². The van der Waals surface area contributed by atoms with E-state index in [2.05, 4.69) is 21.9 Å². The Labute approximate surface area is 153 Å². The molecule has 4 saturated heterocycles. The SMILES string of the molecule is O=C(O)CCCN1C[C@H](c2ccc3c(c2)OCO3)[C@@H]2[C@H]1C1CCN2CC1. The molecule has 3 atom stereocenters. The van der Waals surface area contributed by atoms with Crippen molar-refractivity contribution in [1.82, 2.24) is 9.80 Å². The Balaban J connectivity index is 1.41. The van der Waals surface area contributed by atoms with E-state index < -0.39 is 5.97 Å². The summed E-state index contributed by atoms with van der Waals surface area (Å²) in [6.45, 7) is 4.62. The molecule has 0 spiro atoms. The molecule has 0 saturated carbocycles. The van der Waals surface area contributed by atoms with Crippen LogP contribution in [0.2, 0.25) is 0 Å². The Morgan fingerprint density at radius 3 is 2.77 bits per heavy atom. The van der Waals surface area contributed by atoms with Gasteiger partial charge in [-0.1, -0.05) is 6.07 Å². The van der Waals surface area contributed by atoms with Crippen LogP contribution in [0.5, 0.6) is 11.5 Å². The van der Waals surface area contributed by atoms with E-state index in [1.54, 1.807) is 0 Å². The molecule has 5 aliphatic rings. The van der Waals surface area contributed by atoms with Gasteiger partial charge in [-0.05, 0) is 62.5 Å². The molecule has 1 aromatic rings. The summed E-state index contributed by atoms with van der Waals surface area (Å²) in [5.41, 5.74) is 1.33. The van der Waals surface area contributed by atoms with Gasteiger partial charge in [0.05, 0.1) is 0 Å². The van der Waals surface area contributed by atoms with Crippen LogP contribution < -0.4 is 9.47 Å². The fourth-order valence-corrected chi connectivity index (χ4v) is 5.66. The molecule has 4 fully saturated rings. The highest BCUT2D eigenvalue weighted by atomic mass is 16.7. The van der Waals surface area contributed by atoms with Crippen molar-refractivity contribution in [2.24, 2.45) is 5.92 Å². The molecule has 140 valence electrons. The maximum absolute atomic E-state index is 10.9. The first-order chi connectivity index (χ1) is 12.7. The molecule has 0 radical (unpaired) electrons. The van der Waals surface area contributed by atoms with Crippen LogP contribution >= 0.6 is 0 Å². The maximum atomic E-state index is 10.9. The Hall–Kier alpha value is -1.79. The van der Waals surface area contributed by atoms with E-state index in [0.717, 1.165) is 36.9 Å². The second-order valence-electron chi connectivity index (χ2n) is 8.07. The van der Waals surface area contributed by atoms with E-state index >= 15 is 0 Å². The molecule has 0 aromatic heterocycles. The highest BCUT2D eigenvalue weighted by molar-refractivity contribution is 5.66. The molecular formula is C20H26N2O4. The van der Waals surface area contributed by atoms with Gasteiger partial charge in [0.15, 0.2) is 11.5 Å². The zero-order chi connectivity index (χ0) is 17.7. The van der Waals surface area contributed by atoms with Crippen molar-refractivity contribution in [2.45, 2.75) is 43.7 Å². The van der Waals surface area contributed by atoms with Gasteiger partial charge >= 0.3 is 5.97 Å². The molecule has 0 aliphatic carbocycles. The fraction of sp³-hybridized carbons (Fsp3) is 0.650. The third-order valence-electron chi connectivity index (χ3n) is 6.75. The average molecular weight is 358 g/mol. The molecule has 6 rings (SSSR count). The summed E-state index contributed by atoms with van der Waals surface area (Å²) >= 11 is 0. The first-order valence-corrected chi connectivity index (χ1v) is 9.80. The lowest BCUT2D eigenvalue weighted by atomic mass is 9.75. The van der Waals surface area contributed by atoms with Crippen LogP contribution in [0.4, 0.5) is 0 Å². The lowest BCUT2D eigenvalue weighted by Gasteiger charge is -2.51. The van der Waals surface area contributed by atoms with Crippen LogP contribution in [0, 0.1) is 5.92 Å². The number of benzene rings is 1. The number of piperidine rings is 3.